The number of rotatable bonds is 1. The van der Waals surface area contributed by atoms with Gasteiger partial charge in [-0.05, 0) is 31.9 Å². The van der Waals surface area contributed by atoms with Gasteiger partial charge in [0.15, 0.2) is 0 Å². The van der Waals surface area contributed by atoms with Crippen molar-refractivity contribution >= 4 is 32.9 Å². The first-order chi connectivity index (χ1) is 8.63. The third-order valence-electron chi connectivity index (χ3n) is 3.38. The molecule has 0 spiro atoms. The molecule has 1 unspecified atom stereocenters. The molecule has 0 radical (unpaired) electrons. The number of nitrogen functional groups attached to an aromatic ring is 1. The second kappa shape index (κ2) is 4.40. The van der Waals surface area contributed by atoms with Crippen molar-refractivity contribution in [3.05, 3.63) is 17.1 Å². The minimum Gasteiger partial charge on any atom is -0.397 e. The van der Waals surface area contributed by atoms with Crippen molar-refractivity contribution in [2.24, 2.45) is 0 Å². The smallest absolute Gasteiger partial charge is 0.0907 e. The van der Waals surface area contributed by atoms with Crippen LogP contribution in [0.4, 0.5) is 11.4 Å². The van der Waals surface area contributed by atoms with Crippen molar-refractivity contribution in [3.8, 4) is 0 Å². The number of aliphatic hydroxyl groups is 1. The Balaban J connectivity index is 2.02. The minimum atomic E-state index is -0.244. The molecule has 1 aliphatic heterocycles. The number of benzene rings is 1. The summed E-state index contributed by atoms with van der Waals surface area (Å²) in [6.45, 7) is 3.62. The van der Waals surface area contributed by atoms with Gasteiger partial charge in [0, 0.05) is 13.1 Å². The number of aliphatic hydroxyl groups excluding tert-OH is 1. The number of nitrogens with zero attached hydrogens (tertiary/aromatic N) is 2. The molecule has 0 aliphatic carbocycles. The zero-order valence-corrected chi connectivity index (χ0v) is 11.2. The number of anilines is 2. The number of hydrogen-bond acceptors (Lipinski definition) is 5. The first-order valence-electron chi connectivity index (χ1n) is 6.23. The van der Waals surface area contributed by atoms with Crippen LogP contribution >= 0.6 is 11.3 Å². The Morgan fingerprint density at radius 3 is 3.11 bits per heavy atom. The van der Waals surface area contributed by atoms with Crippen LogP contribution in [0.3, 0.4) is 0 Å². The number of nitrogens with two attached hydrogens (primary N) is 1. The van der Waals surface area contributed by atoms with Gasteiger partial charge in [0.25, 0.3) is 0 Å². The van der Waals surface area contributed by atoms with Gasteiger partial charge in [-0.3, -0.25) is 0 Å². The number of piperidine rings is 1. The molecule has 1 aromatic heterocycles. The lowest BCUT2D eigenvalue weighted by Crippen LogP contribution is -2.38. The second-order valence-corrected chi connectivity index (χ2v) is 6.09. The molecule has 4 nitrogen and oxygen atoms in total. The Labute approximate surface area is 110 Å². The SMILES string of the molecule is Cc1nc2cc(N3CCCC(O)C3)c(N)cc2s1. The Kier molecular flexibility index (Phi) is 2.87. The molecule has 2 heterocycles. The third-order valence-corrected chi connectivity index (χ3v) is 4.31. The van der Waals surface area contributed by atoms with Gasteiger partial charge in [-0.15, -0.1) is 11.3 Å². The van der Waals surface area contributed by atoms with Crippen LogP contribution in [0.1, 0.15) is 17.8 Å². The quantitative estimate of drug-likeness (QED) is 0.774. The van der Waals surface area contributed by atoms with E-state index in [1.54, 1.807) is 11.3 Å². The summed E-state index contributed by atoms with van der Waals surface area (Å²) in [5.74, 6) is 0. The number of hydrogen-bond donors (Lipinski definition) is 2. The summed E-state index contributed by atoms with van der Waals surface area (Å²) in [5, 5.41) is 10.8. The van der Waals surface area contributed by atoms with Crippen molar-refractivity contribution < 1.29 is 5.11 Å². The molecule has 96 valence electrons. The van der Waals surface area contributed by atoms with Gasteiger partial charge >= 0.3 is 0 Å². The molecule has 1 fully saturated rings. The number of thiazole rings is 1. The predicted octanol–water partition coefficient (Wildman–Crippen LogP) is 2.15. The topological polar surface area (TPSA) is 62.4 Å². The Morgan fingerprint density at radius 2 is 2.33 bits per heavy atom. The van der Waals surface area contributed by atoms with E-state index in [0.717, 1.165) is 46.0 Å². The molecule has 1 aliphatic rings. The zero-order valence-electron chi connectivity index (χ0n) is 10.4. The highest BCUT2D eigenvalue weighted by atomic mass is 32.1. The number of aromatic nitrogens is 1. The summed E-state index contributed by atoms with van der Waals surface area (Å²) in [6.07, 6.45) is 1.65. The summed E-state index contributed by atoms with van der Waals surface area (Å²) in [7, 11) is 0. The summed E-state index contributed by atoms with van der Waals surface area (Å²) >= 11 is 1.66. The normalized spacial score (nSPS) is 20.6. The highest BCUT2D eigenvalue weighted by molar-refractivity contribution is 7.18. The molecular weight excluding hydrogens is 246 g/mol. The molecule has 0 saturated carbocycles. The van der Waals surface area contributed by atoms with Crippen LogP contribution in [0.5, 0.6) is 0 Å². The Morgan fingerprint density at radius 1 is 1.50 bits per heavy atom. The molecule has 2 aromatic rings. The Bertz CT molecular complexity index is 581. The van der Waals surface area contributed by atoms with Crippen LogP contribution < -0.4 is 10.6 Å². The van der Waals surface area contributed by atoms with Gasteiger partial charge in [-0.1, -0.05) is 0 Å². The standard InChI is InChI=1S/C13H17N3OS/c1-8-15-11-6-12(10(14)5-13(11)18-8)16-4-2-3-9(17)7-16/h5-6,9,17H,2-4,7,14H2,1H3. The lowest BCUT2D eigenvalue weighted by molar-refractivity contribution is 0.154. The van der Waals surface area contributed by atoms with E-state index in [-0.39, 0.29) is 6.10 Å². The van der Waals surface area contributed by atoms with E-state index in [0.29, 0.717) is 6.54 Å². The van der Waals surface area contributed by atoms with E-state index in [9.17, 15) is 5.11 Å². The largest absolute Gasteiger partial charge is 0.397 e. The fourth-order valence-corrected chi connectivity index (χ4v) is 3.40. The maximum atomic E-state index is 9.75. The lowest BCUT2D eigenvalue weighted by Gasteiger charge is -2.32. The van der Waals surface area contributed by atoms with Crippen LogP contribution in [0, 0.1) is 6.92 Å². The van der Waals surface area contributed by atoms with E-state index in [4.69, 9.17) is 5.73 Å². The van der Waals surface area contributed by atoms with Crippen molar-refractivity contribution in [1.29, 1.82) is 0 Å². The second-order valence-electron chi connectivity index (χ2n) is 4.85. The lowest BCUT2D eigenvalue weighted by atomic mass is 10.1. The van der Waals surface area contributed by atoms with Gasteiger partial charge in [0.2, 0.25) is 0 Å². The number of aryl methyl sites for hydroxylation is 1. The van der Waals surface area contributed by atoms with Crippen LogP contribution in [-0.4, -0.2) is 29.3 Å². The molecule has 1 saturated heterocycles. The van der Waals surface area contributed by atoms with Crippen LogP contribution in [-0.2, 0) is 0 Å². The molecule has 0 amide bonds. The maximum Gasteiger partial charge on any atom is 0.0907 e. The van der Waals surface area contributed by atoms with Crippen molar-refractivity contribution in [2.45, 2.75) is 25.9 Å². The van der Waals surface area contributed by atoms with Gasteiger partial charge in [0.05, 0.1) is 32.7 Å². The summed E-state index contributed by atoms with van der Waals surface area (Å²) in [4.78, 5) is 6.67. The van der Waals surface area contributed by atoms with Gasteiger partial charge < -0.3 is 15.7 Å². The third kappa shape index (κ3) is 2.04. The average Bonchev–Trinajstić information content (AvgIpc) is 2.67. The fraction of sp³-hybridized carbons (Fsp3) is 0.462. The van der Waals surface area contributed by atoms with Crippen LogP contribution in [0.2, 0.25) is 0 Å². The molecule has 5 heteroatoms. The van der Waals surface area contributed by atoms with E-state index in [1.807, 2.05) is 19.1 Å². The fourth-order valence-electron chi connectivity index (χ4n) is 2.54. The van der Waals surface area contributed by atoms with Crippen molar-refractivity contribution in [2.75, 3.05) is 23.7 Å². The highest BCUT2D eigenvalue weighted by Crippen LogP contribution is 2.33. The van der Waals surface area contributed by atoms with Gasteiger partial charge in [-0.25, -0.2) is 4.98 Å². The molecule has 0 bridgehead atoms. The van der Waals surface area contributed by atoms with Crippen LogP contribution in [0.25, 0.3) is 10.2 Å². The monoisotopic (exact) mass is 263 g/mol. The molecule has 3 N–H and O–H groups in total. The number of β-amino-alcohol motifs (C(OH)–C–C–N with tert-alkyl or cyclic N) is 1. The maximum absolute atomic E-state index is 9.75. The first-order valence-corrected chi connectivity index (χ1v) is 7.05. The molecule has 1 aromatic carbocycles. The van der Waals surface area contributed by atoms with Crippen molar-refractivity contribution in [3.63, 3.8) is 0 Å². The molecular formula is C13H17N3OS. The molecule has 3 rings (SSSR count). The van der Waals surface area contributed by atoms with Gasteiger partial charge in [0.1, 0.15) is 0 Å². The van der Waals surface area contributed by atoms with E-state index < -0.39 is 0 Å². The zero-order chi connectivity index (χ0) is 12.7. The highest BCUT2D eigenvalue weighted by Gasteiger charge is 2.20. The van der Waals surface area contributed by atoms with E-state index in [1.165, 1.54) is 0 Å². The first kappa shape index (κ1) is 11.7. The van der Waals surface area contributed by atoms with E-state index >= 15 is 0 Å². The predicted molar refractivity (Wildman–Crippen MR) is 76.2 cm³/mol. The Hall–Kier alpha value is -1.33. The summed E-state index contributed by atoms with van der Waals surface area (Å²) in [5.41, 5.74) is 8.91. The molecule has 1 atom stereocenters. The number of fused-ring (bicyclic) bond motifs is 1. The van der Waals surface area contributed by atoms with Crippen LogP contribution in [0.15, 0.2) is 12.1 Å². The average molecular weight is 263 g/mol. The minimum absolute atomic E-state index is 0.244. The van der Waals surface area contributed by atoms with Crippen molar-refractivity contribution in [1.82, 2.24) is 4.98 Å². The van der Waals surface area contributed by atoms with E-state index in [2.05, 4.69) is 9.88 Å². The molecule has 18 heavy (non-hydrogen) atoms. The van der Waals surface area contributed by atoms with Gasteiger partial charge in [-0.2, -0.15) is 0 Å². The summed E-state index contributed by atoms with van der Waals surface area (Å²) in [6, 6.07) is 4.04. The summed E-state index contributed by atoms with van der Waals surface area (Å²) < 4.78 is 1.13.